The van der Waals surface area contributed by atoms with Crippen LogP contribution >= 0.6 is 0 Å². The Bertz CT molecular complexity index is 369. The number of nitrogens with one attached hydrogen (secondary N) is 1. The van der Waals surface area contributed by atoms with E-state index >= 15 is 0 Å². The molecule has 0 spiro atoms. The fourth-order valence-electron chi connectivity index (χ4n) is 2.22. The quantitative estimate of drug-likeness (QED) is 0.785. The smallest absolute Gasteiger partial charge is 0.137 e. The fraction of sp³-hybridized carbons (Fsp3) is 0.667. The Hall–Kier alpha value is -1.13. The van der Waals surface area contributed by atoms with Crippen LogP contribution in [0.5, 0.6) is 5.75 Å². The average Bonchev–Trinajstić information content (AvgIpc) is 2.42. The van der Waals surface area contributed by atoms with Crippen molar-refractivity contribution < 1.29 is 9.47 Å². The largest absolute Gasteiger partial charge is 0.492 e. The lowest BCUT2D eigenvalue weighted by Gasteiger charge is -2.29. The zero-order valence-corrected chi connectivity index (χ0v) is 12.6. The number of hydrogen-bond acceptors (Lipinski definition) is 4. The minimum atomic E-state index is 0.105. The van der Waals surface area contributed by atoms with Crippen molar-refractivity contribution in [2.45, 2.75) is 39.3 Å². The van der Waals surface area contributed by atoms with E-state index in [1.807, 2.05) is 19.3 Å². The molecule has 0 aliphatic rings. The number of rotatable bonds is 8. The van der Waals surface area contributed by atoms with Gasteiger partial charge in [-0.25, -0.2) is 0 Å². The van der Waals surface area contributed by atoms with Crippen molar-refractivity contribution >= 4 is 0 Å². The summed E-state index contributed by atoms with van der Waals surface area (Å²) in [5, 5.41) is 3.31. The van der Waals surface area contributed by atoms with E-state index in [0.29, 0.717) is 12.5 Å². The van der Waals surface area contributed by atoms with Gasteiger partial charge >= 0.3 is 0 Å². The number of aromatic nitrogens is 1. The van der Waals surface area contributed by atoms with E-state index < -0.39 is 0 Å². The lowest BCUT2D eigenvalue weighted by molar-refractivity contribution is 0.0347. The molecule has 1 N–H and O–H groups in total. The predicted octanol–water partition coefficient (Wildman–Crippen LogP) is 2.80. The van der Waals surface area contributed by atoms with Crippen LogP contribution in [0.15, 0.2) is 18.5 Å². The van der Waals surface area contributed by atoms with Crippen LogP contribution in [0.3, 0.4) is 0 Å². The molecule has 0 saturated carbocycles. The summed E-state index contributed by atoms with van der Waals surface area (Å²) in [6, 6.07) is 2.15. The van der Waals surface area contributed by atoms with Gasteiger partial charge in [-0.1, -0.05) is 20.8 Å². The second-order valence-corrected chi connectivity index (χ2v) is 5.01. The second kappa shape index (κ2) is 8.12. The first-order chi connectivity index (χ1) is 9.13. The Kier molecular flexibility index (Phi) is 6.81. The Morgan fingerprint density at radius 3 is 2.58 bits per heavy atom. The van der Waals surface area contributed by atoms with Crippen molar-refractivity contribution in [3.05, 3.63) is 24.0 Å². The van der Waals surface area contributed by atoms with Crippen LogP contribution in [0.4, 0.5) is 0 Å². The Balaban J connectivity index is 2.91. The monoisotopic (exact) mass is 266 g/mol. The maximum atomic E-state index is 5.63. The average molecular weight is 266 g/mol. The van der Waals surface area contributed by atoms with E-state index in [9.17, 15) is 0 Å². The molecule has 1 heterocycles. The standard InChI is InChI=1S/C15H26N2O2/c1-6-7-19-13-8-12(9-17-10-13)14(16-4)15(18-5)11(2)3/h8-11,14-16H,6-7H2,1-5H3. The molecule has 2 atom stereocenters. The summed E-state index contributed by atoms with van der Waals surface area (Å²) in [4.78, 5) is 4.26. The summed E-state index contributed by atoms with van der Waals surface area (Å²) >= 11 is 0. The molecule has 0 fully saturated rings. The minimum Gasteiger partial charge on any atom is -0.492 e. The first kappa shape index (κ1) is 15.9. The molecule has 4 nitrogen and oxygen atoms in total. The third kappa shape index (κ3) is 4.48. The first-order valence-corrected chi connectivity index (χ1v) is 6.91. The topological polar surface area (TPSA) is 43.4 Å². The van der Waals surface area contributed by atoms with Crippen molar-refractivity contribution in [2.24, 2.45) is 5.92 Å². The van der Waals surface area contributed by atoms with Gasteiger partial charge in [-0.2, -0.15) is 0 Å². The van der Waals surface area contributed by atoms with Gasteiger partial charge in [-0.15, -0.1) is 0 Å². The summed E-state index contributed by atoms with van der Waals surface area (Å²) in [5.41, 5.74) is 1.09. The molecule has 0 saturated heterocycles. The van der Waals surface area contributed by atoms with Gasteiger partial charge in [-0.05, 0) is 31.0 Å². The molecule has 0 bridgehead atoms. The highest BCUT2D eigenvalue weighted by molar-refractivity contribution is 5.27. The molecule has 108 valence electrons. The van der Waals surface area contributed by atoms with Crippen LogP contribution in [0.1, 0.15) is 38.8 Å². The van der Waals surface area contributed by atoms with Crippen LogP contribution in [-0.4, -0.2) is 31.9 Å². The van der Waals surface area contributed by atoms with Gasteiger partial charge in [0, 0.05) is 13.3 Å². The SMILES string of the molecule is CCCOc1cncc(C(NC)C(OC)C(C)C)c1. The zero-order chi connectivity index (χ0) is 14.3. The van der Waals surface area contributed by atoms with Crippen molar-refractivity contribution in [3.8, 4) is 5.75 Å². The van der Waals surface area contributed by atoms with E-state index in [-0.39, 0.29) is 12.1 Å². The molecule has 0 aromatic carbocycles. The zero-order valence-electron chi connectivity index (χ0n) is 12.6. The van der Waals surface area contributed by atoms with Crippen LogP contribution in [0.25, 0.3) is 0 Å². The number of pyridine rings is 1. The van der Waals surface area contributed by atoms with Gasteiger partial charge in [0.1, 0.15) is 5.75 Å². The molecule has 0 aliphatic carbocycles. The van der Waals surface area contributed by atoms with Crippen LogP contribution in [-0.2, 0) is 4.74 Å². The van der Waals surface area contributed by atoms with Gasteiger partial charge < -0.3 is 14.8 Å². The molecular weight excluding hydrogens is 240 g/mol. The molecule has 0 amide bonds. The molecule has 0 radical (unpaired) electrons. The molecule has 1 rings (SSSR count). The molecule has 19 heavy (non-hydrogen) atoms. The van der Waals surface area contributed by atoms with E-state index in [4.69, 9.17) is 9.47 Å². The van der Waals surface area contributed by atoms with Crippen molar-refractivity contribution in [1.29, 1.82) is 0 Å². The van der Waals surface area contributed by atoms with Gasteiger partial charge in [0.05, 0.1) is 24.9 Å². The molecular formula is C15H26N2O2. The molecule has 1 aromatic heterocycles. The molecule has 0 aliphatic heterocycles. The number of ether oxygens (including phenoxy) is 2. The van der Waals surface area contributed by atoms with Gasteiger partial charge in [0.2, 0.25) is 0 Å². The summed E-state index contributed by atoms with van der Waals surface area (Å²) in [5.74, 6) is 1.24. The van der Waals surface area contributed by atoms with Crippen LogP contribution < -0.4 is 10.1 Å². The van der Waals surface area contributed by atoms with E-state index in [1.165, 1.54) is 0 Å². The Labute approximate surface area is 116 Å². The van der Waals surface area contributed by atoms with E-state index in [2.05, 4.69) is 31.1 Å². The van der Waals surface area contributed by atoms with Crippen molar-refractivity contribution in [1.82, 2.24) is 10.3 Å². The number of likely N-dealkylation sites (N-methyl/N-ethyl adjacent to an activating group) is 1. The molecule has 1 aromatic rings. The summed E-state index contributed by atoms with van der Waals surface area (Å²) in [6.45, 7) is 7.12. The highest BCUT2D eigenvalue weighted by atomic mass is 16.5. The third-order valence-electron chi connectivity index (χ3n) is 3.14. The number of nitrogens with zero attached hydrogens (tertiary/aromatic N) is 1. The van der Waals surface area contributed by atoms with Crippen LogP contribution in [0, 0.1) is 5.92 Å². The highest BCUT2D eigenvalue weighted by Gasteiger charge is 2.25. The van der Waals surface area contributed by atoms with Crippen molar-refractivity contribution in [2.75, 3.05) is 20.8 Å². The second-order valence-electron chi connectivity index (χ2n) is 5.01. The van der Waals surface area contributed by atoms with Gasteiger partial charge in [0.25, 0.3) is 0 Å². The Morgan fingerprint density at radius 2 is 2.05 bits per heavy atom. The maximum Gasteiger partial charge on any atom is 0.137 e. The third-order valence-corrected chi connectivity index (χ3v) is 3.14. The van der Waals surface area contributed by atoms with Crippen LogP contribution in [0.2, 0.25) is 0 Å². The van der Waals surface area contributed by atoms with E-state index in [1.54, 1.807) is 13.3 Å². The minimum absolute atomic E-state index is 0.105. The van der Waals surface area contributed by atoms with Gasteiger partial charge in [0.15, 0.2) is 0 Å². The molecule has 4 heteroatoms. The number of methoxy groups -OCH3 is 1. The molecule has 2 unspecified atom stereocenters. The highest BCUT2D eigenvalue weighted by Crippen LogP contribution is 2.25. The lowest BCUT2D eigenvalue weighted by Crippen LogP contribution is -2.34. The number of hydrogen-bond donors (Lipinski definition) is 1. The maximum absolute atomic E-state index is 5.63. The first-order valence-electron chi connectivity index (χ1n) is 6.91. The summed E-state index contributed by atoms with van der Waals surface area (Å²) < 4.78 is 11.2. The van der Waals surface area contributed by atoms with Gasteiger partial charge in [-0.3, -0.25) is 4.98 Å². The Morgan fingerprint density at radius 1 is 1.32 bits per heavy atom. The van der Waals surface area contributed by atoms with E-state index in [0.717, 1.165) is 17.7 Å². The fourth-order valence-corrected chi connectivity index (χ4v) is 2.22. The lowest BCUT2D eigenvalue weighted by atomic mass is 9.94. The summed E-state index contributed by atoms with van der Waals surface area (Å²) in [6.07, 6.45) is 4.72. The predicted molar refractivity (Wildman–Crippen MR) is 77.5 cm³/mol. The van der Waals surface area contributed by atoms with Crippen molar-refractivity contribution in [3.63, 3.8) is 0 Å². The normalized spacial score (nSPS) is 14.4. The summed E-state index contributed by atoms with van der Waals surface area (Å²) in [7, 11) is 3.69.